The summed E-state index contributed by atoms with van der Waals surface area (Å²) in [7, 11) is 1.86. The molecular formula is C12H12FN3. The Morgan fingerprint density at radius 3 is 2.69 bits per heavy atom. The number of hydrogen-bond donors (Lipinski definition) is 1. The van der Waals surface area contributed by atoms with Crippen LogP contribution in [0.5, 0.6) is 0 Å². The second-order valence-electron chi connectivity index (χ2n) is 3.45. The fraction of sp³-hybridized carbons (Fsp3) is 0.0833. The highest BCUT2D eigenvalue weighted by atomic mass is 19.1. The van der Waals surface area contributed by atoms with Crippen LogP contribution in [0.3, 0.4) is 0 Å². The predicted molar refractivity (Wildman–Crippen MR) is 63.1 cm³/mol. The third-order valence-corrected chi connectivity index (χ3v) is 2.36. The fourth-order valence-electron chi connectivity index (χ4n) is 1.42. The smallest absolute Gasteiger partial charge is 0.146 e. The fourth-order valence-corrected chi connectivity index (χ4v) is 1.42. The molecule has 1 heterocycles. The van der Waals surface area contributed by atoms with E-state index in [9.17, 15) is 4.39 Å². The molecule has 0 aliphatic heterocycles. The van der Waals surface area contributed by atoms with Gasteiger partial charge >= 0.3 is 0 Å². The number of halogens is 1. The lowest BCUT2D eigenvalue weighted by Gasteiger charge is -2.18. The zero-order chi connectivity index (χ0) is 11.5. The number of benzene rings is 1. The summed E-state index contributed by atoms with van der Waals surface area (Å²) in [4.78, 5) is 6.04. The molecule has 0 bridgehead atoms. The lowest BCUT2D eigenvalue weighted by atomic mass is 10.2. The van der Waals surface area contributed by atoms with Gasteiger partial charge in [-0.2, -0.15) is 0 Å². The van der Waals surface area contributed by atoms with E-state index in [1.807, 2.05) is 30.1 Å². The minimum absolute atomic E-state index is 0.139. The van der Waals surface area contributed by atoms with Gasteiger partial charge in [-0.3, -0.25) is 0 Å². The number of pyridine rings is 1. The molecule has 0 saturated carbocycles. The first-order valence-corrected chi connectivity index (χ1v) is 4.88. The van der Waals surface area contributed by atoms with Crippen molar-refractivity contribution < 1.29 is 4.39 Å². The van der Waals surface area contributed by atoms with Crippen LogP contribution in [0.25, 0.3) is 0 Å². The van der Waals surface area contributed by atoms with E-state index in [1.165, 1.54) is 6.07 Å². The molecule has 82 valence electrons. The Morgan fingerprint density at radius 2 is 2.06 bits per heavy atom. The highest BCUT2D eigenvalue weighted by Gasteiger charge is 2.06. The maximum atomic E-state index is 13.0. The second kappa shape index (κ2) is 4.18. The largest absolute Gasteiger partial charge is 0.396 e. The molecule has 0 spiro atoms. The molecule has 0 atom stereocenters. The molecule has 1 aromatic heterocycles. The minimum Gasteiger partial charge on any atom is -0.396 e. The van der Waals surface area contributed by atoms with E-state index in [0.29, 0.717) is 0 Å². The molecule has 2 rings (SSSR count). The SMILES string of the molecule is CN(c1ccc(F)c(N)c1)c1ccccn1. The summed E-state index contributed by atoms with van der Waals surface area (Å²) in [5.41, 5.74) is 6.46. The van der Waals surface area contributed by atoms with E-state index in [0.717, 1.165) is 11.5 Å². The lowest BCUT2D eigenvalue weighted by molar-refractivity contribution is 0.632. The molecule has 16 heavy (non-hydrogen) atoms. The van der Waals surface area contributed by atoms with E-state index in [1.54, 1.807) is 18.3 Å². The van der Waals surface area contributed by atoms with Crippen LogP contribution in [-0.2, 0) is 0 Å². The third kappa shape index (κ3) is 1.95. The molecule has 0 amide bonds. The molecule has 3 nitrogen and oxygen atoms in total. The number of aromatic nitrogens is 1. The first-order valence-electron chi connectivity index (χ1n) is 4.88. The maximum absolute atomic E-state index is 13.0. The molecule has 0 saturated heterocycles. The summed E-state index contributed by atoms with van der Waals surface area (Å²) in [6, 6.07) is 10.2. The highest BCUT2D eigenvalue weighted by Crippen LogP contribution is 2.24. The lowest BCUT2D eigenvalue weighted by Crippen LogP contribution is -2.11. The van der Waals surface area contributed by atoms with Crippen molar-refractivity contribution >= 4 is 17.2 Å². The summed E-state index contributed by atoms with van der Waals surface area (Å²) >= 11 is 0. The number of hydrogen-bond acceptors (Lipinski definition) is 3. The van der Waals surface area contributed by atoms with Gasteiger partial charge in [-0.25, -0.2) is 9.37 Å². The summed E-state index contributed by atoms with van der Waals surface area (Å²) in [6.45, 7) is 0. The highest BCUT2D eigenvalue weighted by molar-refractivity contribution is 5.63. The predicted octanol–water partition coefficient (Wildman–Crippen LogP) is 2.57. The molecule has 4 heteroatoms. The van der Waals surface area contributed by atoms with E-state index in [-0.39, 0.29) is 5.69 Å². The molecule has 0 aliphatic rings. The topological polar surface area (TPSA) is 42.1 Å². The van der Waals surface area contributed by atoms with Gasteiger partial charge in [0.1, 0.15) is 11.6 Å². The second-order valence-corrected chi connectivity index (χ2v) is 3.45. The van der Waals surface area contributed by atoms with Crippen molar-refractivity contribution in [3.8, 4) is 0 Å². The van der Waals surface area contributed by atoms with Gasteiger partial charge < -0.3 is 10.6 Å². The Bertz CT molecular complexity index is 485. The van der Waals surface area contributed by atoms with Gasteiger partial charge in [-0.1, -0.05) is 6.07 Å². The van der Waals surface area contributed by atoms with Crippen molar-refractivity contribution in [3.05, 3.63) is 48.4 Å². The van der Waals surface area contributed by atoms with Crippen LogP contribution >= 0.6 is 0 Å². The molecule has 0 aliphatic carbocycles. The zero-order valence-corrected chi connectivity index (χ0v) is 8.89. The molecule has 2 aromatic rings. The molecule has 0 unspecified atom stereocenters. The quantitative estimate of drug-likeness (QED) is 0.786. The van der Waals surface area contributed by atoms with Crippen molar-refractivity contribution in [1.29, 1.82) is 0 Å². The van der Waals surface area contributed by atoms with Crippen LogP contribution in [0.15, 0.2) is 42.6 Å². The Labute approximate surface area is 93.3 Å². The van der Waals surface area contributed by atoms with Gasteiger partial charge in [0, 0.05) is 18.9 Å². The molecule has 0 fully saturated rings. The van der Waals surface area contributed by atoms with Crippen molar-refractivity contribution in [3.63, 3.8) is 0 Å². The number of nitrogen functional groups attached to an aromatic ring is 1. The van der Waals surface area contributed by atoms with E-state index in [4.69, 9.17) is 5.73 Å². The van der Waals surface area contributed by atoms with E-state index < -0.39 is 5.82 Å². The number of anilines is 3. The van der Waals surface area contributed by atoms with Crippen molar-refractivity contribution in [2.75, 3.05) is 17.7 Å². The Balaban J connectivity index is 2.34. The van der Waals surface area contributed by atoms with Gasteiger partial charge in [-0.15, -0.1) is 0 Å². The number of rotatable bonds is 2. The molecule has 0 radical (unpaired) electrons. The Hall–Kier alpha value is -2.10. The monoisotopic (exact) mass is 217 g/mol. The van der Waals surface area contributed by atoms with Crippen molar-refractivity contribution in [2.45, 2.75) is 0 Å². The van der Waals surface area contributed by atoms with Gasteiger partial charge in [0.25, 0.3) is 0 Å². The Morgan fingerprint density at radius 1 is 1.25 bits per heavy atom. The van der Waals surface area contributed by atoms with Crippen LogP contribution in [0.4, 0.5) is 21.6 Å². The maximum Gasteiger partial charge on any atom is 0.146 e. The van der Waals surface area contributed by atoms with Crippen molar-refractivity contribution in [2.24, 2.45) is 0 Å². The standard InChI is InChI=1S/C12H12FN3/c1-16(12-4-2-3-7-15-12)9-5-6-10(13)11(14)8-9/h2-8H,14H2,1H3. The first kappa shape index (κ1) is 10.4. The normalized spacial score (nSPS) is 10.1. The van der Waals surface area contributed by atoms with Gasteiger partial charge in [0.15, 0.2) is 0 Å². The summed E-state index contributed by atoms with van der Waals surface area (Å²) in [5.74, 6) is 0.381. The summed E-state index contributed by atoms with van der Waals surface area (Å²) in [6.07, 6.45) is 1.71. The number of nitrogens with zero attached hydrogens (tertiary/aromatic N) is 2. The van der Waals surface area contributed by atoms with Gasteiger partial charge in [0.05, 0.1) is 5.69 Å². The number of nitrogens with two attached hydrogens (primary N) is 1. The first-order chi connectivity index (χ1) is 7.68. The molecule has 2 N–H and O–H groups in total. The average Bonchev–Trinajstić information content (AvgIpc) is 2.33. The average molecular weight is 217 g/mol. The van der Waals surface area contributed by atoms with Crippen LogP contribution in [0.2, 0.25) is 0 Å². The van der Waals surface area contributed by atoms with Crippen LogP contribution in [-0.4, -0.2) is 12.0 Å². The third-order valence-electron chi connectivity index (χ3n) is 2.36. The van der Waals surface area contributed by atoms with E-state index in [2.05, 4.69) is 4.98 Å². The summed E-state index contributed by atoms with van der Waals surface area (Å²) < 4.78 is 13.0. The van der Waals surface area contributed by atoms with E-state index >= 15 is 0 Å². The van der Waals surface area contributed by atoms with Crippen LogP contribution in [0.1, 0.15) is 0 Å². The Kier molecular flexibility index (Phi) is 2.72. The van der Waals surface area contributed by atoms with Gasteiger partial charge in [0.2, 0.25) is 0 Å². The molecule has 1 aromatic carbocycles. The van der Waals surface area contributed by atoms with Gasteiger partial charge in [-0.05, 0) is 30.3 Å². The zero-order valence-electron chi connectivity index (χ0n) is 8.89. The molecular weight excluding hydrogens is 205 g/mol. The van der Waals surface area contributed by atoms with Crippen LogP contribution in [0, 0.1) is 5.82 Å². The van der Waals surface area contributed by atoms with Crippen molar-refractivity contribution in [1.82, 2.24) is 4.98 Å². The van der Waals surface area contributed by atoms with Crippen LogP contribution < -0.4 is 10.6 Å². The minimum atomic E-state index is -0.404. The summed E-state index contributed by atoms with van der Waals surface area (Å²) in [5, 5.41) is 0.